The normalized spacial score (nSPS) is 24.1. The second-order valence-electron chi connectivity index (χ2n) is 4.76. The molecule has 18 heavy (non-hydrogen) atoms. The average Bonchev–Trinajstić information content (AvgIpc) is 2.85. The second kappa shape index (κ2) is 4.56. The van der Waals surface area contributed by atoms with Crippen LogP contribution in [0.4, 0.5) is 11.9 Å². The van der Waals surface area contributed by atoms with Crippen molar-refractivity contribution in [1.82, 2.24) is 19.9 Å². The molecule has 0 radical (unpaired) electrons. The number of methoxy groups -OCH3 is 1. The van der Waals surface area contributed by atoms with E-state index in [9.17, 15) is 0 Å². The van der Waals surface area contributed by atoms with Gasteiger partial charge in [-0.15, -0.1) is 0 Å². The molecule has 1 aromatic rings. The molecule has 1 atom stereocenters. The number of piperazine rings is 1. The first-order chi connectivity index (χ1) is 8.76. The van der Waals surface area contributed by atoms with Crippen LogP contribution in [0.25, 0.3) is 0 Å². The predicted octanol–water partition coefficient (Wildman–Crippen LogP) is -0.253. The zero-order valence-electron chi connectivity index (χ0n) is 10.5. The first-order valence-corrected chi connectivity index (χ1v) is 6.31. The van der Waals surface area contributed by atoms with Crippen molar-refractivity contribution in [2.75, 3.05) is 43.9 Å². The summed E-state index contributed by atoms with van der Waals surface area (Å²) in [5.41, 5.74) is 5.67. The number of rotatable bonds is 2. The lowest BCUT2D eigenvalue weighted by molar-refractivity contribution is 0.229. The fourth-order valence-electron chi connectivity index (χ4n) is 2.77. The Morgan fingerprint density at radius 1 is 1.22 bits per heavy atom. The highest BCUT2D eigenvalue weighted by atomic mass is 16.5. The maximum absolute atomic E-state index is 5.67. The predicted molar refractivity (Wildman–Crippen MR) is 67.6 cm³/mol. The molecule has 0 spiro atoms. The van der Waals surface area contributed by atoms with Gasteiger partial charge in [0.05, 0.1) is 7.11 Å². The van der Waals surface area contributed by atoms with Gasteiger partial charge in [-0.1, -0.05) is 0 Å². The largest absolute Gasteiger partial charge is 0.467 e. The number of fused-ring (bicyclic) bond motifs is 1. The molecule has 2 N–H and O–H groups in total. The van der Waals surface area contributed by atoms with Crippen molar-refractivity contribution in [3.63, 3.8) is 0 Å². The number of nitrogens with zero attached hydrogens (tertiary/aromatic N) is 5. The molecule has 0 saturated carbocycles. The average molecular weight is 250 g/mol. The Morgan fingerprint density at radius 2 is 2.11 bits per heavy atom. The van der Waals surface area contributed by atoms with E-state index in [-0.39, 0.29) is 12.0 Å². The molecule has 2 aliphatic heterocycles. The Morgan fingerprint density at radius 3 is 2.94 bits per heavy atom. The standard InChI is InChI=1S/C11H18N6O/c1-18-11-14-9(12)13-10(15-11)17-6-5-16-4-2-3-8(16)7-17/h8H,2-7H2,1H3,(H2,12,13,14,15). The Balaban J connectivity index is 1.80. The molecule has 2 fully saturated rings. The number of nitrogens with two attached hydrogens (primary N) is 1. The van der Waals surface area contributed by atoms with Crippen LogP contribution >= 0.6 is 0 Å². The first kappa shape index (κ1) is 11.5. The van der Waals surface area contributed by atoms with Crippen LogP contribution in [0.2, 0.25) is 0 Å². The summed E-state index contributed by atoms with van der Waals surface area (Å²) in [6, 6.07) is 0.911. The van der Waals surface area contributed by atoms with Gasteiger partial charge in [-0.2, -0.15) is 15.0 Å². The fourth-order valence-corrected chi connectivity index (χ4v) is 2.77. The van der Waals surface area contributed by atoms with Gasteiger partial charge in [0, 0.05) is 25.7 Å². The van der Waals surface area contributed by atoms with E-state index in [1.54, 1.807) is 0 Å². The molecule has 2 aliphatic rings. The van der Waals surface area contributed by atoms with Gasteiger partial charge in [0.2, 0.25) is 11.9 Å². The van der Waals surface area contributed by atoms with Crippen LogP contribution in [0.15, 0.2) is 0 Å². The van der Waals surface area contributed by atoms with Crippen LogP contribution in [0.1, 0.15) is 12.8 Å². The minimum Gasteiger partial charge on any atom is -0.467 e. The minimum atomic E-state index is 0.214. The number of hydrogen-bond acceptors (Lipinski definition) is 7. The van der Waals surface area contributed by atoms with Crippen LogP contribution in [-0.4, -0.2) is 59.2 Å². The molecular formula is C11H18N6O. The molecule has 1 aromatic heterocycles. The monoisotopic (exact) mass is 250 g/mol. The molecule has 3 heterocycles. The first-order valence-electron chi connectivity index (χ1n) is 6.31. The summed E-state index contributed by atoms with van der Waals surface area (Å²) >= 11 is 0. The summed E-state index contributed by atoms with van der Waals surface area (Å²) < 4.78 is 5.03. The van der Waals surface area contributed by atoms with Crippen LogP contribution in [-0.2, 0) is 0 Å². The van der Waals surface area contributed by atoms with Crippen LogP contribution in [0, 0.1) is 0 Å². The van der Waals surface area contributed by atoms with E-state index in [1.165, 1.54) is 26.5 Å². The van der Waals surface area contributed by atoms with E-state index < -0.39 is 0 Å². The lowest BCUT2D eigenvalue weighted by Gasteiger charge is -2.37. The molecule has 0 aromatic carbocycles. The quantitative estimate of drug-likeness (QED) is 0.775. The summed E-state index contributed by atoms with van der Waals surface area (Å²) in [6.07, 6.45) is 2.55. The summed E-state index contributed by atoms with van der Waals surface area (Å²) in [5, 5.41) is 0. The van der Waals surface area contributed by atoms with E-state index in [4.69, 9.17) is 10.5 Å². The van der Waals surface area contributed by atoms with E-state index >= 15 is 0 Å². The van der Waals surface area contributed by atoms with Gasteiger partial charge in [-0.25, -0.2) is 0 Å². The zero-order chi connectivity index (χ0) is 12.5. The maximum atomic E-state index is 5.67. The Kier molecular flexibility index (Phi) is 2.91. The van der Waals surface area contributed by atoms with Gasteiger partial charge >= 0.3 is 6.01 Å². The SMILES string of the molecule is COc1nc(N)nc(N2CCN3CCCC3C2)n1. The number of anilines is 2. The van der Waals surface area contributed by atoms with Crippen LogP contribution in [0.5, 0.6) is 6.01 Å². The number of hydrogen-bond donors (Lipinski definition) is 1. The molecule has 7 heteroatoms. The maximum Gasteiger partial charge on any atom is 0.322 e. The smallest absolute Gasteiger partial charge is 0.322 e. The minimum absolute atomic E-state index is 0.214. The number of aromatic nitrogens is 3. The lowest BCUT2D eigenvalue weighted by atomic mass is 10.2. The molecule has 0 aliphatic carbocycles. The third-order valence-electron chi connectivity index (χ3n) is 3.67. The second-order valence-corrected chi connectivity index (χ2v) is 4.76. The topological polar surface area (TPSA) is 80.4 Å². The van der Waals surface area contributed by atoms with Crippen molar-refractivity contribution in [1.29, 1.82) is 0 Å². The molecular weight excluding hydrogens is 232 g/mol. The van der Waals surface area contributed by atoms with E-state index in [0.29, 0.717) is 12.0 Å². The van der Waals surface area contributed by atoms with Gasteiger partial charge in [-0.3, -0.25) is 4.90 Å². The Labute approximate surface area is 106 Å². The van der Waals surface area contributed by atoms with Gasteiger partial charge < -0.3 is 15.4 Å². The summed E-state index contributed by atoms with van der Waals surface area (Å²) in [7, 11) is 1.54. The number of nitrogen functional groups attached to an aromatic ring is 1. The van der Waals surface area contributed by atoms with E-state index in [1.807, 2.05) is 0 Å². The molecule has 0 bridgehead atoms. The summed E-state index contributed by atoms with van der Waals surface area (Å²) in [6.45, 7) is 4.19. The molecule has 7 nitrogen and oxygen atoms in total. The number of ether oxygens (including phenoxy) is 1. The molecule has 3 rings (SSSR count). The fraction of sp³-hybridized carbons (Fsp3) is 0.727. The van der Waals surface area contributed by atoms with Crippen molar-refractivity contribution < 1.29 is 4.74 Å². The zero-order valence-corrected chi connectivity index (χ0v) is 10.5. The van der Waals surface area contributed by atoms with Crippen molar-refractivity contribution in [3.05, 3.63) is 0 Å². The highest BCUT2D eigenvalue weighted by molar-refractivity contribution is 5.37. The van der Waals surface area contributed by atoms with E-state index in [2.05, 4.69) is 24.8 Å². The van der Waals surface area contributed by atoms with Gasteiger partial charge in [0.1, 0.15) is 0 Å². The van der Waals surface area contributed by atoms with Gasteiger partial charge in [0.25, 0.3) is 0 Å². The summed E-state index contributed by atoms with van der Waals surface area (Å²) in [5.74, 6) is 0.844. The highest BCUT2D eigenvalue weighted by Crippen LogP contribution is 2.24. The van der Waals surface area contributed by atoms with E-state index in [0.717, 1.165) is 19.6 Å². The van der Waals surface area contributed by atoms with Crippen molar-refractivity contribution in [2.45, 2.75) is 18.9 Å². The third-order valence-corrected chi connectivity index (χ3v) is 3.67. The lowest BCUT2D eigenvalue weighted by Crippen LogP contribution is -2.50. The molecule has 0 amide bonds. The van der Waals surface area contributed by atoms with Crippen LogP contribution in [0.3, 0.4) is 0 Å². The third kappa shape index (κ3) is 2.05. The Hall–Kier alpha value is -1.63. The molecule has 98 valence electrons. The van der Waals surface area contributed by atoms with Gasteiger partial charge in [0.15, 0.2) is 0 Å². The molecule has 2 saturated heterocycles. The van der Waals surface area contributed by atoms with Gasteiger partial charge in [-0.05, 0) is 19.4 Å². The van der Waals surface area contributed by atoms with Crippen LogP contribution < -0.4 is 15.4 Å². The van der Waals surface area contributed by atoms with Crippen molar-refractivity contribution in [2.24, 2.45) is 0 Å². The van der Waals surface area contributed by atoms with Crippen molar-refractivity contribution >= 4 is 11.9 Å². The Bertz CT molecular complexity index is 440. The highest BCUT2D eigenvalue weighted by Gasteiger charge is 2.31. The van der Waals surface area contributed by atoms with Crippen molar-refractivity contribution in [3.8, 4) is 6.01 Å². The molecule has 1 unspecified atom stereocenters. The summed E-state index contributed by atoms with van der Waals surface area (Å²) in [4.78, 5) is 17.1.